The Hall–Kier alpha value is -1.68. The number of fused-ring (bicyclic) bond motifs is 1. The molecule has 20 heavy (non-hydrogen) atoms. The van der Waals surface area contributed by atoms with Crippen LogP contribution in [-0.2, 0) is 0 Å². The molecule has 1 aromatic heterocycles. The Morgan fingerprint density at radius 2 is 1.80 bits per heavy atom. The summed E-state index contributed by atoms with van der Waals surface area (Å²) < 4.78 is 0. The number of hydrogen-bond acceptors (Lipinski definition) is 4. The smallest absolute Gasteiger partial charge is 0.148 e. The third-order valence-electron chi connectivity index (χ3n) is 4.14. The van der Waals surface area contributed by atoms with Crippen LogP contribution in [0, 0.1) is 12.8 Å². The van der Waals surface area contributed by atoms with Crippen LogP contribution in [0.5, 0.6) is 0 Å². The molecule has 0 amide bonds. The van der Waals surface area contributed by atoms with E-state index in [1.807, 2.05) is 31.2 Å². The summed E-state index contributed by atoms with van der Waals surface area (Å²) in [6, 6.07) is 8.04. The van der Waals surface area contributed by atoms with E-state index in [0.717, 1.165) is 35.0 Å². The molecule has 0 radical (unpaired) electrons. The van der Waals surface area contributed by atoms with Crippen molar-refractivity contribution in [3.05, 3.63) is 30.0 Å². The zero-order chi connectivity index (χ0) is 13.9. The second-order valence-electron chi connectivity index (χ2n) is 5.77. The average molecular weight is 270 g/mol. The number of para-hydroxylation sites is 2. The molecular weight excluding hydrogens is 248 g/mol. The van der Waals surface area contributed by atoms with Crippen LogP contribution in [0.2, 0.25) is 0 Å². The molecule has 1 saturated heterocycles. The van der Waals surface area contributed by atoms with Gasteiger partial charge in [0.2, 0.25) is 0 Å². The number of rotatable bonds is 3. The molecule has 1 aromatic carbocycles. The van der Waals surface area contributed by atoms with Crippen molar-refractivity contribution in [2.75, 3.05) is 32.0 Å². The molecule has 2 heterocycles. The van der Waals surface area contributed by atoms with Gasteiger partial charge in [-0.05, 0) is 58.0 Å². The number of anilines is 1. The van der Waals surface area contributed by atoms with Crippen LogP contribution in [0.1, 0.15) is 18.5 Å². The zero-order valence-electron chi connectivity index (χ0n) is 12.3. The van der Waals surface area contributed by atoms with Crippen LogP contribution < -0.4 is 5.32 Å². The molecule has 0 aliphatic carbocycles. The van der Waals surface area contributed by atoms with Crippen molar-refractivity contribution in [1.29, 1.82) is 0 Å². The Morgan fingerprint density at radius 3 is 2.50 bits per heavy atom. The van der Waals surface area contributed by atoms with Gasteiger partial charge in [-0.15, -0.1) is 0 Å². The molecule has 3 rings (SSSR count). The van der Waals surface area contributed by atoms with Crippen molar-refractivity contribution >= 4 is 16.9 Å². The highest BCUT2D eigenvalue weighted by Gasteiger charge is 2.16. The van der Waals surface area contributed by atoms with E-state index in [1.165, 1.54) is 25.9 Å². The van der Waals surface area contributed by atoms with Crippen LogP contribution in [0.3, 0.4) is 0 Å². The molecule has 0 bridgehead atoms. The Labute approximate surface area is 120 Å². The number of aromatic nitrogens is 2. The van der Waals surface area contributed by atoms with E-state index < -0.39 is 0 Å². The molecule has 0 atom stereocenters. The maximum absolute atomic E-state index is 4.69. The molecule has 106 valence electrons. The third kappa shape index (κ3) is 2.90. The van der Waals surface area contributed by atoms with Crippen molar-refractivity contribution < 1.29 is 0 Å². The first kappa shape index (κ1) is 13.3. The van der Waals surface area contributed by atoms with E-state index in [2.05, 4.69) is 22.2 Å². The third-order valence-corrected chi connectivity index (χ3v) is 4.14. The Kier molecular flexibility index (Phi) is 3.83. The monoisotopic (exact) mass is 270 g/mol. The molecule has 0 saturated carbocycles. The molecule has 4 heteroatoms. The molecule has 1 aliphatic heterocycles. The lowest BCUT2D eigenvalue weighted by atomic mass is 9.97. The number of benzene rings is 1. The maximum atomic E-state index is 4.69. The lowest BCUT2D eigenvalue weighted by molar-refractivity contribution is 0.226. The average Bonchev–Trinajstić information content (AvgIpc) is 2.47. The highest BCUT2D eigenvalue weighted by atomic mass is 15.1. The fraction of sp³-hybridized carbons (Fsp3) is 0.500. The van der Waals surface area contributed by atoms with Gasteiger partial charge in [-0.25, -0.2) is 9.97 Å². The van der Waals surface area contributed by atoms with E-state index in [1.54, 1.807) is 0 Å². The van der Waals surface area contributed by atoms with Crippen molar-refractivity contribution in [2.45, 2.75) is 19.8 Å². The summed E-state index contributed by atoms with van der Waals surface area (Å²) in [4.78, 5) is 11.7. The molecule has 2 aromatic rings. The first-order valence-electron chi connectivity index (χ1n) is 7.38. The molecule has 4 nitrogen and oxygen atoms in total. The van der Waals surface area contributed by atoms with Crippen molar-refractivity contribution in [3.8, 4) is 0 Å². The molecule has 1 fully saturated rings. The number of piperidine rings is 1. The summed E-state index contributed by atoms with van der Waals surface area (Å²) in [6.45, 7) is 5.43. The van der Waals surface area contributed by atoms with Gasteiger partial charge in [0, 0.05) is 6.54 Å². The van der Waals surface area contributed by atoms with E-state index in [0.29, 0.717) is 0 Å². The normalized spacial score (nSPS) is 17.5. The predicted octanol–water partition coefficient (Wildman–Crippen LogP) is 2.69. The molecule has 0 unspecified atom stereocenters. The van der Waals surface area contributed by atoms with Gasteiger partial charge in [-0.2, -0.15) is 0 Å². The summed E-state index contributed by atoms with van der Waals surface area (Å²) in [5, 5.41) is 3.50. The second-order valence-corrected chi connectivity index (χ2v) is 5.77. The minimum Gasteiger partial charge on any atom is -0.368 e. The Morgan fingerprint density at radius 1 is 1.15 bits per heavy atom. The first-order chi connectivity index (χ1) is 9.72. The van der Waals surface area contributed by atoms with Crippen molar-refractivity contribution in [3.63, 3.8) is 0 Å². The minimum absolute atomic E-state index is 0.749. The fourth-order valence-corrected chi connectivity index (χ4v) is 2.76. The minimum atomic E-state index is 0.749. The van der Waals surface area contributed by atoms with Crippen LogP contribution >= 0.6 is 0 Å². The highest BCUT2D eigenvalue weighted by Crippen LogP contribution is 2.19. The highest BCUT2D eigenvalue weighted by molar-refractivity contribution is 5.76. The summed E-state index contributed by atoms with van der Waals surface area (Å²) in [7, 11) is 2.20. The van der Waals surface area contributed by atoms with Gasteiger partial charge >= 0.3 is 0 Å². The van der Waals surface area contributed by atoms with Crippen LogP contribution in [0.4, 0.5) is 5.82 Å². The van der Waals surface area contributed by atoms with Crippen LogP contribution in [0.15, 0.2) is 24.3 Å². The lowest BCUT2D eigenvalue weighted by Gasteiger charge is -2.29. The van der Waals surface area contributed by atoms with Gasteiger partial charge in [0.15, 0.2) is 0 Å². The summed E-state index contributed by atoms with van der Waals surface area (Å²) in [5.41, 5.74) is 2.91. The summed E-state index contributed by atoms with van der Waals surface area (Å²) in [6.07, 6.45) is 2.53. The van der Waals surface area contributed by atoms with Gasteiger partial charge in [-0.3, -0.25) is 0 Å². The molecular formula is C16H22N4. The van der Waals surface area contributed by atoms with Gasteiger partial charge in [-0.1, -0.05) is 12.1 Å². The van der Waals surface area contributed by atoms with Crippen LogP contribution in [0.25, 0.3) is 11.0 Å². The second kappa shape index (κ2) is 5.75. The van der Waals surface area contributed by atoms with Crippen LogP contribution in [-0.4, -0.2) is 41.5 Å². The number of hydrogen-bond donors (Lipinski definition) is 1. The number of nitrogens with zero attached hydrogens (tertiary/aromatic N) is 3. The quantitative estimate of drug-likeness (QED) is 0.931. The van der Waals surface area contributed by atoms with E-state index in [4.69, 9.17) is 4.98 Å². The van der Waals surface area contributed by atoms with Gasteiger partial charge in [0.25, 0.3) is 0 Å². The standard InChI is InChI=1S/C16H22N4/c1-12-16(17-11-13-7-9-20(2)10-8-13)19-15-6-4-3-5-14(15)18-12/h3-6,13H,7-11H2,1-2H3,(H,17,19). The molecule has 1 aliphatic rings. The summed E-state index contributed by atoms with van der Waals surface area (Å²) >= 11 is 0. The van der Waals surface area contributed by atoms with Crippen molar-refractivity contribution in [2.24, 2.45) is 5.92 Å². The van der Waals surface area contributed by atoms with E-state index in [9.17, 15) is 0 Å². The topological polar surface area (TPSA) is 41.1 Å². The van der Waals surface area contributed by atoms with Gasteiger partial charge in [0.05, 0.1) is 16.7 Å². The predicted molar refractivity (Wildman–Crippen MR) is 83.0 cm³/mol. The number of nitrogens with one attached hydrogen (secondary N) is 1. The SMILES string of the molecule is Cc1nc2ccccc2nc1NCC1CCN(C)CC1. The van der Waals surface area contributed by atoms with E-state index in [-0.39, 0.29) is 0 Å². The Bertz CT molecular complexity index is 588. The van der Waals surface area contributed by atoms with E-state index >= 15 is 0 Å². The number of aryl methyl sites for hydroxylation is 1. The fourth-order valence-electron chi connectivity index (χ4n) is 2.76. The molecule has 0 spiro atoms. The maximum Gasteiger partial charge on any atom is 0.148 e. The summed E-state index contributed by atoms with van der Waals surface area (Å²) in [5.74, 6) is 1.68. The Balaban J connectivity index is 1.69. The first-order valence-corrected chi connectivity index (χ1v) is 7.38. The van der Waals surface area contributed by atoms with Crippen molar-refractivity contribution in [1.82, 2.24) is 14.9 Å². The lowest BCUT2D eigenvalue weighted by Crippen LogP contribution is -2.33. The largest absolute Gasteiger partial charge is 0.368 e. The zero-order valence-corrected chi connectivity index (χ0v) is 12.3. The molecule has 1 N–H and O–H groups in total. The van der Waals surface area contributed by atoms with Gasteiger partial charge in [0.1, 0.15) is 5.82 Å². The van der Waals surface area contributed by atoms with Gasteiger partial charge < -0.3 is 10.2 Å². The number of likely N-dealkylation sites (tertiary alicyclic amines) is 1.